The number of anilines is 1. The second-order valence-electron chi connectivity index (χ2n) is 6.07. The van der Waals surface area contributed by atoms with Gasteiger partial charge in [-0.3, -0.25) is 4.90 Å². The van der Waals surface area contributed by atoms with E-state index in [-0.39, 0.29) is 4.90 Å². The van der Waals surface area contributed by atoms with Crippen LogP contribution in [0.15, 0.2) is 29.2 Å². The summed E-state index contributed by atoms with van der Waals surface area (Å²) in [6, 6.07) is 7.19. The summed E-state index contributed by atoms with van der Waals surface area (Å²) in [5.41, 5.74) is 0.661. The molecule has 0 amide bonds. The lowest BCUT2D eigenvalue weighted by Crippen LogP contribution is -2.41. The Balaban J connectivity index is 1.95. The van der Waals surface area contributed by atoms with Gasteiger partial charge in [0.15, 0.2) is 5.11 Å². The lowest BCUT2D eigenvalue weighted by Gasteiger charge is -2.23. The van der Waals surface area contributed by atoms with Gasteiger partial charge in [-0.05, 0) is 56.3 Å². The number of benzene rings is 1. The molecular formula is C16H26N4O2S2. The molecule has 0 radical (unpaired) electrons. The molecule has 134 valence electrons. The number of nitrogens with one attached hydrogen (secondary N) is 2. The molecule has 0 aliphatic carbocycles. The minimum Gasteiger partial charge on any atom is -0.361 e. The zero-order chi connectivity index (χ0) is 17.7. The van der Waals surface area contributed by atoms with Crippen molar-refractivity contribution in [2.24, 2.45) is 0 Å². The molecule has 1 saturated heterocycles. The third-order valence-electron chi connectivity index (χ3n) is 4.27. The van der Waals surface area contributed by atoms with Crippen LogP contribution in [0.3, 0.4) is 0 Å². The smallest absolute Gasteiger partial charge is 0.242 e. The van der Waals surface area contributed by atoms with Gasteiger partial charge in [0.25, 0.3) is 0 Å². The summed E-state index contributed by atoms with van der Waals surface area (Å²) in [5, 5.41) is 6.82. The minimum atomic E-state index is -3.45. The average Bonchev–Trinajstić information content (AvgIpc) is 3.00. The van der Waals surface area contributed by atoms with Crippen molar-refractivity contribution in [3.8, 4) is 0 Å². The van der Waals surface area contributed by atoms with Gasteiger partial charge in [0.05, 0.1) is 4.90 Å². The first-order chi connectivity index (χ1) is 11.3. The van der Waals surface area contributed by atoms with E-state index in [1.54, 1.807) is 24.3 Å². The molecule has 0 aromatic heterocycles. The van der Waals surface area contributed by atoms with E-state index in [4.69, 9.17) is 12.2 Å². The molecular weight excluding hydrogens is 344 g/mol. The van der Waals surface area contributed by atoms with Crippen molar-refractivity contribution in [1.82, 2.24) is 14.5 Å². The predicted molar refractivity (Wildman–Crippen MR) is 102 cm³/mol. The Bertz CT molecular complexity index is 676. The first-order valence-corrected chi connectivity index (χ1v) is 10.0. The Morgan fingerprint density at radius 1 is 1.42 bits per heavy atom. The van der Waals surface area contributed by atoms with Crippen LogP contribution in [0.4, 0.5) is 5.69 Å². The molecule has 1 heterocycles. The number of thiocarbonyl (C=S) groups is 1. The van der Waals surface area contributed by atoms with Gasteiger partial charge in [-0.2, -0.15) is 0 Å². The fraction of sp³-hybridized carbons (Fsp3) is 0.562. The van der Waals surface area contributed by atoms with Gasteiger partial charge in [0.2, 0.25) is 10.0 Å². The van der Waals surface area contributed by atoms with Gasteiger partial charge in [-0.1, -0.05) is 13.0 Å². The molecule has 24 heavy (non-hydrogen) atoms. The van der Waals surface area contributed by atoms with Crippen LogP contribution in [0.25, 0.3) is 0 Å². The first-order valence-electron chi connectivity index (χ1n) is 8.16. The number of rotatable bonds is 6. The molecule has 1 aromatic carbocycles. The fourth-order valence-corrected chi connectivity index (χ4v) is 4.02. The van der Waals surface area contributed by atoms with E-state index >= 15 is 0 Å². The number of sulfonamides is 1. The Morgan fingerprint density at radius 3 is 2.83 bits per heavy atom. The van der Waals surface area contributed by atoms with Crippen molar-refractivity contribution >= 4 is 33.0 Å². The lowest BCUT2D eigenvalue weighted by atomic mass is 10.2. The standard InChI is InChI=1S/C16H26N4O2S2/c1-4-20-10-6-8-14(20)12-17-16(23)18-13-7-5-9-15(11-13)24(21,22)19(2)3/h5,7,9,11,14H,4,6,8,10,12H2,1-3H3,(H2,17,18,23)/t14-/m0/s1. The summed E-state index contributed by atoms with van der Waals surface area (Å²) in [4.78, 5) is 2.69. The van der Waals surface area contributed by atoms with Crippen LogP contribution < -0.4 is 10.6 Å². The van der Waals surface area contributed by atoms with Gasteiger partial charge in [0.1, 0.15) is 0 Å². The minimum absolute atomic E-state index is 0.244. The largest absolute Gasteiger partial charge is 0.361 e. The summed E-state index contributed by atoms with van der Waals surface area (Å²) in [6.07, 6.45) is 2.41. The molecule has 6 nitrogen and oxygen atoms in total. The molecule has 0 bridgehead atoms. The highest BCUT2D eigenvalue weighted by Crippen LogP contribution is 2.18. The molecule has 0 unspecified atom stereocenters. The van der Waals surface area contributed by atoms with Crippen molar-refractivity contribution in [1.29, 1.82) is 0 Å². The Kier molecular flexibility index (Phi) is 6.56. The molecule has 2 N–H and O–H groups in total. The van der Waals surface area contributed by atoms with Crippen LogP contribution in [-0.2, 0) is 10.0 Å². The van der Waals surface area contributed by atoms with Crippen LogP contribution in [0, 0.1) is 0 Å². The molecule has 1 aliphatic rings. The maximum absolute atomic E-state index is 12.2. The topological polar surface area (TPSA) is 64.7 Å². The van der Waals surface area contributed by atoms with E-state index in [0.29, 0.717) is 16.8 Å². The van der Waals surface area contributed by atoms with E-state index in [2.05, 4.69) is 22.5 Å². The average molecular weight is 371 g/mol. The van der Waals surface area contributed by atoms with E-state index < -0.39 is 10.0 Å². The third kappa shape index (κ3) is 4.66. The van der Waals surface area contributed by atoms with Crippen LogP contribution in [0.5, 0.6) is 0 Å². The summed E-state index contributed by atoms with van der Waals surface area (Å²) < 4.78 is 25.6. The van der Waals surface area contributed by atoms with Crippen LogP contribution in [0.1, 0.15) is 19.8 Å². The maximum Gasteiger partial charge on any atom is 0.242 e. The third-order valence-corrected chi connectivity index (χ3v) is 6.33. The van der Waals surface area contributed by atoms with Crippen molar-refractivity contribution in [3.63, 3.8) is 0 Å². The quantitative estimate of drug-likeness (QED) is 0.743. The highest BCUT2D eigenvalue weighted by Gasteiger charge is 2.22. The van der Waals surface area contributed by atoms with Crippen LogP contribution in [-0.4, -0.2) is 62.5 Å². The summed E-state index contributed by atoms with van der Waals surface area (Å²) in [5.74, 6) is 0. The highest BCUT2D eigenvalue weighted by molar-refractivity contribution is 7.89. The van der Waals surface area contributed by atoms with Crippen LogP contribution >= 0.6 is 12.2 Å². The van der Waals surface area contributed by atoms with E-state index in [1.165, 1.54) is 31.2 Å². The number of hydrogen-bond acceptors (Lipinski definition) is 4. The van der Waals surface area contributed by atoms with Crippen molar-refractivity contribution in [2.45, 2.75) is 30.7 Å². The van der Waals surface area contributed by atoms with Crippen molar-refractivity contribution in [3.05, 3.63) is 24.3 Å². The molecule has 0 spiro atoms. The Labute approximate surface area is 150 Å². The first kappa shape index (κ1) is 19.1. The zero-order valence-electron chi connectivity index (χ0n) is 14.4. The molecule has 0 saturated carbocycles. The Hall–Kier alpha value is -1.22. The van der Waals surface area contributed by atoms with Crippen molar-refractivity contribution < 1.29 is 8.42 Å². The van der Waals surface area contributed by atoms with Crippen molar-refractivity contribution in [2.75, 3.05) is 39.0 Å². The van der Waals surface area contributed by atoms with E-state index in [1.807, 2.05) is 0 Å². The molecule has 1 fully saturated rings. The lowest BCUT2D eigenvalue weighted by molar-refractivity contribution is 0.267. The number of likely N-dealkylation sites (N-methyl/N-ethyl adjacent to an activating group) is 1. The van der Waals surface area contributed by atoms with E-state index in [0.717, 1.165) is 19.6 Å². The summed E-state index contributed by atoms with van der Waals surface area (Å²) in [6.45, 7) is 5.17. The number of hydrogen-bond donors (Lipinski definition) is 2. The van der Waals surface area contributed by atoms with Gasteiger partial charge in [0, 0.05) is 32.4 Å². The molecule has 1 atom stereocenters. The maximum atomic E-state index is 12.2. The zero-order valence-corrected chi connectivity index (χ0v) is 16.1. The molecule has 1 aromatic rings. The van der Waals surface area contributed by atoms with Crippen LogP contribution in [0.2, 0.25) is 0 Å². The van der Waals surface area contributed by atoms with E-state index in [9.17, 15) is 8.42 Å². The second kappa shape index (κ2) is 8.24. The SMILES string of the molecule is CCN1CCC[C@H]1CNC(=S)Nc1cccc(S(=O)(=O)N(C)C)c1. The van der Waals surface area contributed by atoms with Gasteiger partial charge < -0.3 is 10.6 Å². The highest BCUT2D eigenvalue weighted by atomic mass is 32.2. The van der Waals surface area contributed by atoms with Gasteiger partial charge in [-0.25, -0.2) is 12.7 Å². The number of nitrogens with zero attached hydrogens (tertiary/aromatic N) is 2. The van der Waals surface area contributed by atoms with Gasteiger partial charge >= 0.3 is 0 Å². The predicted octanol–water partition coefficient (Wildman–Crippen LogP) is 1.71. The number of likely N-dealkylation sites (tertiary alicyclic amines) is 1. The van der Waals surface area contributed by atoms with Gasteiger partial charge in [-0.15, -0.1) is 0 Å². The second-order valence-corrected chi connectivity index (χ2v) is 8.64. The monoisotopic (exact) mass is 370 g/mol. The molecule has 8 heteroatoms. The Morgan fingerprint density at radius 2 is 2.17 bits per heavy atom. The fourth-order valence-electron chi connectivity index (χ4n) is 2.87. The molecule has 2 rings (SSSR count). The summed E-state index contributed by atoms with van der Waals surface area (Å²) in [7, 11) is -0.415. The summed E-state index contributed by atoms with van der Waals surface area (Å²) >= 11 is 5.33. The normalized spacial score (nSPS) is 18.8. The molecule has 1 aliphatic heterocycles.